The minimum absolute atomic E-state index is 0.00926. The van der Waals surface area contributed by atoms with Gasteiger partial charge in [0.15, 0.2) is 0 Å². The van der Waals surface area contributed by atoms with E-state index in [1.54, 1.807) is 4.90 Å². The number of aromatic nitrogens is 2. The summed E-state index contributed by atoms with van der Waals surface area (Å²) in [5.41, 5.74) is -1.04. The van der Waals surface area contributed by atoms with E-state index in [9.17, 15) is 14.4 Å². The molecule has 1 fully saturated rings. The molecule has 1 amide bonds. The van der Waals surface area contributed by atoms with Gasteiger partial charge in [0, 0.05) is 25.4 Å². The van der Waals surface area contributed by atoms with Gasteiger partial charge in [-0.15, -0.1) is 0 Å². The number of carbonyl (C=O) groups excluding carboxylic acids is 1. The predicted octanol–water partition coefficient (Wildman–Crippen LogP) is -1.22. The molecule has 7 nitrogen and oxygen atoms in total. The van der Waals surface area contributed by atoms with Gasteiger partial charge in [-0.25, -0.2) is 4.79 Å². The topological polar surface area (TPSA) is 84.4 Å². The summed E-state index contributed by atoms with van der Waals surface area (Å²) in [7, 11) is 0. The first-order valence-electron chi connectivity index (χ1n) is 5.75. The quantitative estimate of drug-likeness (QED) is 0.716. The molecular formula is C11H15N3O4. The highest BCUT2D eigenvalue weighted by Crippen LogP contribution is 2.04. The number of H-pyrrole nitrogens is 1. The Morgan fingerprint density at radius 2 is 2.33 bits per heavy atom. The molecule has 1 aromatic heterocycles. The number of rotatable bonds is 2. The smallest absolute Gasteiger partial charge is 0.328 e. The van der Waals surface area contributed by atoms with Crippen LogP contribution in [-0.2, 0) is 16.1 Å². The normalized spacial score (nSPS) is 19.8. The third kappa shape index (κ3) is 2.86. The fourth-order valence-corrected chi connectivity index (χ4v) is 1.86. The summed E-state index contributed by atoms with van der Waals surface area (Å²) in [6.07, 6.45) is 1.33. The SMILES string of the molecule is CC1CN(C(=O)Cn2ccc(=O)[nH]c2=O)CCO1. The predicted molar refractivity (Wildman–Crippen MR) is 63.3 cm³/mol. The van der Waals surface area contributed by atoms with E-state index in [0.717, 1.165) is 0 Å². The molecule has 1 saturated heterocycles. The van der Waals surface area contributed by atoms with Crippen LogP contribution in [0.2, 0.25) is 0 Å². The molecule has 0 aromatic carbocycles. The minimum Gasteiger partial charge on any atom is -0.375 e. The summed E-state index contributed by atoms with van der Waals surface area (Å²) in [4.78, 5) is 38.1. The van der Waals surface area contributed by atoms with E-state index < -0.39 is 11.2 Å². The molecule has 98 valence electrons. The lowest BCUT2D eigenvalue weighted by Gasteiger charge is -2.31. The Kier molecular flexibility index (Phi) is 3.61. The van der Waals surface area contributed by atoms with Crippen LogP contribution in [0.5, 0.6) is 0 Å². The summed E-state index contributed by atoms with van der Waals surface area (Å²) in [6, 6.07) is 1.22. The second-order valence-corrected chi connectivity index (χ2v) is 4.26. The summed E-state index contributed by atoms with van der Waals surface area (Å²) in [5.74, 6) is -0.153. The molecule has 1 unspecified atom stereocenters. The van der Waals surface area contributed by atoms with Gasteiger partial charge >= 0.3 is 5.69 Å². The molecule has 0 aliphatic carbocycles. The third-order valence-corrected chi connectivity index (χ3v) is 2.80. The lowest BCUT2D eigenvalue weighted by Crippen LogP contribution is -2.46. The molecule has 0 bridgehead atoms. The van der Waals surface area contributed by atoms with Crippen molar-refractivity contribution in [3.63, 3.8) is 0 Å². The number of morpholine rings is 1. The van der Waals surface area contributed by atoms with Gasteiger partial charge in [-0.2, -0.15) is 0 Å². The molecule has 1 N–H and O–H groups in total. The van der Waals surface area contributed by atoms with Gasteiger partial charge in [-0.05, 0) is 6.92 Å². The molecule has 0 saturated carbocycles. The molecule has 2 rings (SSSR count). The Bertz CT molecular complexity index is 548. The first-order valence-corrected chi connectivity index (χ1v) is 5.75. The van der Waals surface area contributed by atoms with Crippen molar-refractivity contribution in [3.8, 4) is 0 Å². The fraction of sp³-hybridized carbons (Fsp3) is 0.545. The Morgan fingerprint density at radius 1 is 1.56 bits per heavy atom. The van der Waals surface area contributed by atoms with Crippen LogP contribution in [0.4, 0.5) is 0 Å². The fourth-order valence-electron chi connectivity index (χ4n) is 1.86. The highest BCUT2D eigenvalue weighted by atomic mass is 16.5. The first-order chi connectivity index (χ1) is 8.56. The molecule has 0 spiro atoms. The summed E-state index contributed by atoms with van der Waals surface area (Å²) in [5, 5.41) is 0. The Hall–Kier alpha value is -1.89. The van der Waals surface area contributed by atoms with Crippen molar-refractivity contribution in [1.82, 2.24) is 14.5 Å². The van der Waals surface area contributed by atoms with Crippen LogP contribution in [0, 0.1) is 0 Å². The van der Waals surface area contributed by atoms with E-state index in [2.05, 4.69) is 4.98 Å². The molecule has 2 heterocycles. The van der Waals surface area contributed by atoms with Crippen molar-refractivity contribution >= 4 is 5.91 Å². The summed E-state index contributed by atoms with van der Waals surface area (Å²) in [6.45, 7) is 3.39. The van der Waals surface area contributed by atoms with E-state index in [1.165, 1.54) is 16.8 Å². The zero-order valence-electron chi connectivity index (χ0n) is 10.1. The van der Waals surface area contributed by atoms with Crippen molar-refractivity contribution in [2.75, 3.05) is 19.7 Å². The maximum atomic E-state index is 12.0. The first kappa shape index (κ1) is 12.6. The van der Waals surface area contributed by atoms with Crippen LogP contribution in [0.25, 0.3) is 0 Å². The van der Waals surface area contributed by atoms with Crippen LogP contribution >= 0.6 is 0 Å². The molecule has 0 radical (unpaired) electrons. The van der Waals surface area contributed by atoms with E-state index in [4.69, 9.17) is 4.74 Å². The number of amides is 1. The molecular weight excluding hydrogens is 238 g/mol. The Labute approximate surface area is 103 Å². The zero-order valence-corrected chi connectivity index (χ0v) is 10.1. The molecule has 7 heteroatoms. The number of hydrogen-bond donors (Lipinski definition) is 1. The average Bonchev–Trinajstić information content (AvgIpc) is 2.32. The largest absolute Gasteiger partial charge is 0.375 e. The number of ether oxygens (including phenoxy) is 1. The van der Waals surface area contributed by atoms with Gasteiger partial charge < -0.3 is 9.64 Å². The summed E-state index contributed by atoms with van der Waals surface area (Å²) < 4.78 is 6.52. The van der Waals surface area contributed by atoms with Gasteiger partial charge in [0.25, 0.3) is 5.56 Å². The lowest BCUT2D eigenvalue weighted by molar-refractivity contribution is -0.138. The molecule has 1 atom stereocenters. The van der Waals surface area contributed by atoms with Crippen molar-refractivity contribution in [3.05, 3.63) is 33.1 Å². The Morgan fingerprint density at radius 3 is 3.00 bits per heavy atom. The highest BCUT2D eigenvalue weighted by Gasteiger charge is 2.21. The minimum atomic E-state index is -0.572. The second-order valence-electron chi connectivity index (χ2n) is 4.26. The van der Waals surface area contributed by atoms with E-state index in [0.29, 0.717) is 19.7 Å². The second kappa shape index (κ2) is 5.18. The maximum Gasteiger partial charge on any atom is 0.328 e. The molecule has 18 heavy (non-hydrogen) atoms. The van der Waals surface area contributed by atoms with Gasteiger partial charge in [-0.1, -0.05) is 0 Å². The van der Waals surface area contributed by atoms with Crippen LogP contribution in [0.3, 0.4) is 0 Å². The number of carbonyl (C=O) groups is 1. The van der Waals surface area contributed by atoms with Gasteiger partial charge in [0.1, 0.15) is 6.54 Å². The van der Waals surface area contributed by atoms with Crippen molar-refractivity contribution in [2.45, 2.75) is 19.6 Å². The van der Waals surface area contributed by atoms with E-state index in [-0.39, 0.29) is 18.6 Å². The molecule has 1 aromatic rings. The maximum absolute atomic E-state index is 12.0. The van der Waals surface area contributed by atoms with Crippen molar-refractivity contribution in [2.24, 2.45) is 0 Å². The van der Waals surface area contributed by atoms with Crippen molar-refractivity contribution < 1.29 is 9.53 Å². The average molecular weight is 253 g/mol. The van der Waals surface area contributed by atoms with Crippen LogP contribution in [-0.4, -0.2) is 46.2 Å². The van der Waals surface area contributed by atoms with E-state index in [1.807, 2.05) is 6.92 Å². The Balaban J connectivity index is 2.06. The standard InChI is InChI=1S/C11H15N3O4/c1-8-6-13(4-5-18-8)10(16)7-14-3-2-9(15)12-11(14)17/h2-3,8H,4-7H2,1H3,(H,12,15,17). The van der Waals surface area contributed by atoms with Crippen molar-refractivity contribution in [1.29, 1.82) is 0 Å². The zero-order chi connectivity index (χ0) is 13.1. The number of nitrogens with one attached hydrogen (secondary N) is 1. The number of nitrogens with zero attached hydrogens (tertiary/aromatic N) is 2. The molecule has 1 aliphatic heterocycles. The number of hydrogen-bond acceptors (Lipinski definition) is 4. The highest BCUT2D eigenvalue weighted by molar-refractivity contribution is 5.76. The van der Waals surface area contributed by atoms with Gasteiger partial charge in [0.2, 0.25) is 5.91 Å². The van der Waals surface area contributed by atoms with Crippen LogP contribution in [0.15, 0.2) is 21.9 Å². The van der Waals surface area contributed by atoms with Crippen LogP contribution in [0.1, 0.15) is 6.92 Å². The van der Waals surface area contributed by atoms with Crippen LogP contribution < -0.4 is 11.2 Å². The third-order valence-electron chi connectivity index (χ3n) is 2.80. The number of aromatic amines is 1. The lowest BCUT2D eigenvalue weighted by atomic mass is 10.3. The summed E-state index contributed by atoms with van der Waals surface area (Å²) >= 11 is 0. The monoisotopic (exact) mass is 253 g/mol. The van der Waals surface area contributed by atoms with Gasteiger partial charge in [-0.3, -0.25) is 19.1 Å². The molecule has 1 aliphatic rings. The van der Waals surface area contributed by atoms with E-state index >= 15 is 0 Å². The van der Waals surface area contributed by atoms with Gasteiger partial charge in [0.05, 0.1) is 12.7 Å².